The van der Waals surface area contributed by atoms with E-state index in [0.29, 0.717) is 0 Å². The molecule has 0 unspecified atom stereocenters. The summed E-state index contributed by atoms with van der Waals surface area (Å²) in [6.45, 7) is 18.0. The van der Waals surface area contributed by atoms with Crippen molar-refractivity contribution >= 4 is 8.24 Å². The fourth-order valence-corrected chi connectivity index (χ4v) is 3.78. The Hall–Kier alpha value is -0.603. The molecule has 0 spiro atoms. The molecule has 0 saturated heterocycles. The molecule has 0 amide bonds. The van der Waals surface area contributed by atoms with Gasteiger partial charge in [-0.25, -0.2) is 0 Å². The van der Waals surface area contributed by atoms with Crippen molar-refractivity contribution in [3.8, 4) is 0 Å². The summed E-state index contributed by atoms with van der Waals surface area (Å²) in [7, 11) is -1.72. The topological polar surface area (TPSA) is 3.24 Å². The second-order valence-electron chi connectivity index (χ2n) is 2.67. The van der Waals surface area contributed by atoms with E-state index in [1.54, 1.807) is 0 Å². The van der Waals surface area contributed by atoms with Crippen LogP contribution in [-0.2, 0) is 0 Å². The third-order valence-corrected chi connectivity index (χ3v) is 5.98. The Labute approximate surface area is 77.2 Å². The van der Waals surface area contributed by atoms with Crippen molar-refractivity contribution in [1.82, 2.24) is 4.57 Å². The standard InChI is InChI=1S/C10H19NSi/c1-6-11(7-2)12(8-3,9-4)10-5/h8-10H,3-7H2,1-2H3. The number of hydrogen-bond donors (Lipinski definition) is 0. The summed E-state index contributed by atoms with van der Waals surface area (Å²) in [6, 6.07) is 0. The predicted molar refractivity (Wildman–Crippen MR) is 59.3 cm³/mol. The second kappa shape index (κ2) is 5.12. The van der Waals surface area contributed by atoms with E-state index in [9.17, 15) is 0 Å². The van der Waals surface area contributed by atoms with Gasteiger partial charge in [0.25, 0.3) is 0 Å². The first kappa shape index (κ1) is 11.4. The highest BCUT2D eigenvalue weighted by Crippen LogP contribution is 2.13. The first-order valence-electron chi connectivity index (χ1n) is 4.36. The van der Waals surface area contributed by atoms with Crippen LogP contribution in [0.15, 0.2) is 36.8 Å². The van der Waals surface area contributed by atoms with Gasteiger partial charge in [-0.15, -0.1) is 19.7 Å². The van der Waals surface area contributed by atoms with Gasteiger partial charge in [0.15, 0.2) is 0 Å². The molecule has 0 aliphatic heterocycles. The lowest BCUT2D eigenvalue weighted by Gasteiger charge is -2.33. The molecular weight excluding hydrogens is 162 g/mol. The summed E-state index contributed by atoms with van der Waals surface area (Å²) in [5, 5.41) is 0. The van der Waals surface area contributed by atoms with Gasteiger partial charge in [0.05, 0.1) is 0 Å². The number of nitrogens with zero attached hydrogens (tertiary/aromatic N) is 1. The molecule has 12 heavy (non-hydrogen) atoms. The first-order valence-corrected chi connectivity index (χ1v) is 6.54. The van der Waals surface area contributed by atoms with Gasteiger partial charge < -0.3 is 4.57 Å². The van der Waals surface area contributed by atoms with Crippen molar-refractivity contribution in [2.75, 3.05) is 13.1 Å². The largest absolute Gasteiger partial charge is 0.315 e. The molecule has 0 rings (SSSR count). The zero-order chi connectivity index (χ0) is 9.61. The molecule has 0 bridgehead atoms. The second-order valence-corrected chi connectivity index (χ2v) is 6.30. The van der Waals surface area contributed by atoms with Crippen LogP contribution in [-0.4, -0.2) is 25.9 Å². The van der Waals surface area contributed by atoms with Crippen LogP contribution in [0.1, 0.15) is 13.8 Å². The highest BCUT2D eigenvalue weighted by atomic mass is 28.3. The van der Waals surface area contributed by atoms with Crippen LogP contribution in [0, 0.1) is 0 Å². The summed E-state index contributed by atoms with van der Waals surface area (Å²) < 4.78 is 2.39. The summed E-state index contributed by atoms with van der Waals surface area (Å²) in [6.07, 6.45) is 0. The summed E-state index contributed by atoms with van der Waals surface area (Å²) in [5.41, 5.74) is 6.04. The summed E-state index contributed by atoms with van der Waals surface area (Å²) >= 11 is 0. The minimum absolute atomic E-state index is 1.03. The van der Waals surface area contributed by atoms with Gasteiger partial charge >= 0.3 is 0 Å². The number of hydrogen-bond acceptors (Lipinski definition) is 1. The van der Waals surface area contributed by atoms with Crippen LogP contribution >= 0.6 is 0 Å². The normalized spacial score (nSPS) is 11.2. The van der Waals surface area contributed by atoms with E-state index in [0.717, 1.165) is 13.1 Å². The van der Waals surface area contributed by atoms with Crippen molar-refractivity contribution < 1.29 is 0 Å². The van der Waals surface area contributed by atoms with E-state index in [-0.39, 0.29) is 0 Å². The molecule has 0 aliphatic carbocycles. The molecule has 0 radical (unpaired) electrons. The first-order chi connectivity index (χ1) is 5.70. The Morgan fingerprint density at radius 3 is 1.42 bits per heavy atom. The molecule has 68 valence electrons. The molecule has 0 aromatic rings. The molecule has 0 heterocycles. The molecule has 0 atom stereocenters. The van der Waals surface area contributed by atoms with Gasteiger partial charge in [-0.3, -0.25) is 0 Å². The van der Waals surface area contributed by atoms with Crippen molar-refractivity contribution in [2.24, 2.45) is 0 Å². The quantitative estimate of drug-likeness (QED) is 0.569. The molecule has 0 saturated carbocycles. The summed E-state index contributed by atoms with van der Waals surface area (Å²) in [4.78, 5) is 0. The fourth-order valence-electron chi connectivity index (χ4n) is 1.41. The van der Waals surface area contributed by atoms with Crippen LogP contribution in [0.4, 0.5) is 0 Å². The molecular formula is C10H19NSi. The SMILES string of the molecule is C=C[Si](C=C)(C=C)N(CC)CC. The molecule has 0 aromatic carbocycles. The van der Waals surface area contributed by atoms with Crippen LogP contribution in [0.5, 0.6) is 0 Å². The zero-order valence-electron chi connectivity index (χ0n) is 8.21. The maximum absolute atomic E-state index is 3.87. The van der Waals surface area contributed by atoms with E-state index in [1.165, 1.54) is 0 Å². The molecule has 0 N–H and O–H groups in total. The molecule has 0 aliphatic rings. The van der Waals surface area contributed by atoms with Crippen LogP contribution in [0.3, 0.4) is 0 Å². The Balaban J connectivity index is 4.77. The Morgan fingerprint density at radius 1 is 1.00 bits per heavy atom. The molecule has 2 heteroatoms. The predicted octanol–water partition coefficient (Wildman–Crippen LogP) is 2.45. The van der Waals surface area contributed by atoms with Crippen molar-refractivity contribution in [2.45, 2.75) is 13.8 Å². The van der Waals surface area contributed by atoms with E-state index in [1.807, 2.05) is 17.1 Å². The maximum atomic E-state index is 3.87. The van der Waals surface area contributed by atoms with Crippen molar-refractivity contribution in [1.29, 1.82) is 0 Å². The average molecular weight is 181 g/mol. The van der Waals surface area contributed by atoms with Gasteiger partial charge in [0.2, 0.25) is 8.24 Å². The number of rotatable bonds is 6. The van der Waals surface area contributed by atoms with E-state index >= 15 is 0 Å². The van der Waals surface area contributed by atoms with Gasteiger partial charge in [-0.2, -0.15) is 0 Å². The Morgan fingerprint density at radius 2 is 1.33 bits per heavy atom. The smallest absolute Gasteiger partial charge is 0.201 e. The van der Waals surface area contributed by atoms with Crippen LogP contribution in [0.25, 0.3) is 0 Å². The van der Waals surface area contributed by atoms with E-state index < -0.39 is 8.24 Å². The Kier molecular flexibility index (Phi) is 4.86. The van der Waals surface area contributed by atoms with Crippen LogP contribution in [0.2, 0.25) is 0 Å². The van der Waals surface area contributed by atoms with Gasteiger partial charge in [-0.05, 0) is 13.1 Å². The molecule has 0 fully saturated rings. The average Bonchev–Trinajstić information content (AvgIpc) is 2.14. The lowest BCUT2D eigenvalue weighted by molar-refractivity contribution is 0.480. The minimum Gasteiger partial charge on any atom is -0.315 e. The van der Waals surface area contributed by atoms with Crippen molar-refractivity contribution in [3.63, 3.8) is 0 Å². The fraction of sp³-hybridized carbons (Fsp3) is 0.400. The summed E-state index contributed by atoms with van der Waals surface area (Å²) in [5.74, 6) is 0. The van der Waals surface area contributed by atoms with E-state index in [4.69, 9.17) is 0 Å². The van der Waals surface area contributed by atoms with Crippen LogP contribution < -0.4 is 0 Å². The van der Waals surface area contributed by atoms with Gasteiger partial charge in [-0.1, -0.05) is 30.9 Å². The minimum atomic E-state index is -1.72. The van der Waals surface area contributed by atoms with Gasteiger partial charge in [0.1, 0.15) is 0 Å². The molecule has 1 nitrogen and oxygen atoms in total. The maximum Gasteiger partial charge on any atom is 0.201 e. The monoisotopic (exact) mass is 181 g/mol. The molecule has 0 aromatic heterocycles. The lowest BCUT2D eigenvalue weighted by Crippen LogP contribution is -2.49. The zero-order valence-corrected chi connectivity index (χ0v) is 9.21. The van der Waals surface area contributed by atoms with Crippen molar-refractivity contribution in [3.05, 3.63) is 36.8 Å². The third-order valence-electron chi connectivity index (χ3n) is 2.29. The van der Waals surface area contributed by atoms with E-state index in [2.05, 4.69) is 38.1 Å². The third kappa shape index (κ3) is 1.96. The highest BCUT2D eigenvalue weighted by Gasteiger charge is 2.27. The van der Waals surface area contributed by atoms with Gasteiger partial charge in [0, 0.05) is 0 Å². The lowest BCUT2D eigenvalue weighted by atomic mass is 10.7. The Bertz CT molecular complexity index is 149. The highest BCUT2D eigenvalue weighted by molar-refractivity contribution is 6.90.